The molecule has 4 heteroatoms. The highest BCUT2D eigenvalue weighted by Crippen LogP contribution is 2.21. The number of carbonyl (C=O) groups excluding carboxylic acids is 1. The molecule has 0 aliphatic rings. The van der Waals surface area contributed by atoms with Crippen LogP contribution in [0.2, 0.25) is 0 Å². The first-order chi connectivity index (χ1) is 7.25. The van der Waals surface area contributed by atoms with Crippen LogP contribution in [0.25, 0.3) is 0 Å². The van der Waals surface area contributed by atoms with E-state index in [1.165, 1.54) is 11.3 Å². The molecule has 2 aromatic rings. The Hall–Kier alpha value is -1.68. The third-order valence-corrected chi connectivity index (χ3v) is 2.59. The Labute approximate surface area is 91.4 Å². The van der Waals surface area contributed by atoms with Gasteiger partial charge in [0.05, 0.1) is 16.8 Å². The van der Waals surface area contributed by atoms with Crippen molar-refractivity contribution >= 4 is 17.3 Å². The molecule has 0 fully saturated rings. The van der Waals surface area contributed by atoms with Gasteiger partial charge in [0, 0.05) is 0 Å². The molecule has 0 spiro atoms. The monoisotopic (exact) mass is 219 g/mol. The van der Waals surface area contributed by atoms with Crippen LogP contribution in [-0.4, -0.2) is 11.0 Å². The first-order valence-corrected chi connectivity index (χ1v) is 5.27. The van der Waals surface area contributed by atoms with Crippen LogP contribution in [0, 0.1) is 6.92 Å². The average Bonchev–Trinajstić information content (AvgIpc) is 2.65. The molecule has 0 atom stereocenters. The number of aromatic nitrogens is 1. The van der Waals surface area contributed by atoms with Crippen LogP contribution in [-0.2, 0) is 0 Å². The molecule has 3 nitrogen and oxygen atoms in total. The third kappa shape index (κ3) is 2.41. The van der Waals surface area contributed by atoms with Crippen LogP contribution < -0.4 is 4.74 Å². The molecule has 76 valence electrons. The fourth-order valence-corrected chi connectivity index (χ4v) is 1.73. The molecule has 1 heterocycles. The summed E-state index contributed by atoms with van der Waals surface area (Å²) in [7, 11) is 0. The Balaban J connectivity index is 2.11. The summed E-state index contributed by atoms with van der Waals surface area (Å²) in [6.07, 6.45) is 1.56. The van der Waals surface area contributed by atoms with Crippen LogP contribution in [0.5, 0.6) is 5.06 Å². The van der Waals surface area contributed by atoms with E-state index in [1.807, 2.05) is 13.0 Å². The van der Waals surface area contributed by atoms with Gasteiger partial charge in [-0.05, 0) is 19.1 Å². The van der Waals surface area contributed by atoms with Gasteiger partial charge < -0.3 is 4.74 Å². The lowest BCUT2D eigenvalue weighted by Gasteiger charge is -1.99. The van der Waals surface area contributed by atoms with Gasteiger partial charge in [-0.15, -0.1) is 0 Å². The molecule has 1 aromatic carbocycles. The quantitative estimate of drug-likeness (QED) is 0.729. The Bertz CT molecular complexity index is 464. The smallest absolute Gasteiger partial charge is 0.344 e. The number of benzene rings is 1. The molecule has 0 radical (unpaired) electrons. The van der Waals surface area contributed by atoms with Crippen molar-refractivity contribution in [3.05, 3.63) is 47.1 Å². The van der Waals surface area contributed by atoms with E-state index < -0.39 is 0 Å². The lowest BCUT2D eigenvalue weighted by molar-refractivity contribution is 0.0740. The van der Waals surface area contributed by atoms with E-state index in [0.29, 0.717) is 10.6 Å². The first-order valence-electron chi connectivity index (χ1n) is 4.45. The van der Waals surface area contributed by atoms with Crippen molar-refractivity contribution in [1.82, 2.24) is 4.98 Å². The first kappa shape index (κ1) is 9.86. The molecule has 0 N–H and O–H groups in total. The Morgan fingerprint density at radius 2 is 2.07 bits per heavy atom. The molecule has 0 saturated carbocycles. The zero-order valence-corrected chi connectivity index (χ0v) is 8.95. The maximum Gasteiger partial charge on any atom is 0.344 e. The molecule has 15 heavy (non-hydrogen) atoms. The van der Waals surface area contributed by atoms with Gasteiger partial charge in [-0.1, -0.05) is 29.5 Å². The number of esters is 1. The Kier molecular flexibility index (Phi) is 2.78. The summed E-state index contributed by atoms with van der Waals surface area (Å²) >= 11 is 1.36. The normalized spacial score (nSPS) is 9.93. The van der Waals surface area contributed by atoms with Gasteiger partial charge in [0.1, 0.15) is 0 Å². The van der Waals surface area contributed by atoms with Crippen molar-refractivity contribution in [1.29, 1.82) is 0 Å². The number of thiazole rings is 1. The molecular formula is C11H9NO2S. The van der Waals surface area contributed by atoms with Crippen molar-refractivity contribution < 1.29 is 9.53 Å². The lowest BCUT2D eigenvalue weighted by Crippen LogP contribution is -2.06. The highest BCUT2D eigenvalue weighted by atomic mass is 32.1. The molecule has 0 bridgehead atoms. The Morgan fingerprint density at radius 1 is 1.33 bits per heavy atom. The van der Waals surface area contributed by atoms with Crippen molar-refractivity contribution in [3.63, 3.8) is 0 Å². The number of ether oxygens (including phenoxy) is 1. The summed E-state index contributed by atoms with van der Waals surface area (Å²) in [4.78, 5) is 15.6. The molecule has 0 aliphatic heterocycles. The summed E-state index contributed by atoms with van der Waals surface area (Å²) in [5.41, 5.74) is 0.545. The standard InChI is InChI=1S/C11H9NO2S/c1-8-12-7-10(15-8)14-11(13)9-5-3-2-4-6-9/h2-7H,1H3. The fraction of sp³-hybridized carbons (Fsp3) is 0.0909. The van der Waals surface area contributed by atoms with Gasteiger partial charge in [-0.3, -0.25) is 0 Å². The number of aryl methyl sites for hydroxylation is 1. The van der Waals surface area contributed by atoms with Crippen LogP contribution in [0.15, 0.2) is 36.5 Å². The van der Waals surface area contributed by atoms with Crippen LogP contribution >= 0.6 is 11.3 Å². The predicted octanol–water partition coefficient (Wildman–Crippen LogP) is 2.67. The number of hydrogen-bond acceptors (Lipinski definition) is 4. The van der Waals surface area contributed by atoms with Crippen LogP contribution in [0.1, 0.15) is 15.4 Å². The van der Waals surface area contributed by atoms with Crippen molar-refractivity contribution in [3.8, 4) is 5.06 Å². The largest absolute Gasteiger partial charge is 0.410 e. The van der Waals surface area contributed by atoms with Gasteiger partial charge in [-0.2, -0.15) is 0 Å². The molecule has 0 saturated heterocycles. The van der Waals surface area contributed by atoms with Crippen LogP contribution in [0.4, 0.5) is 0 Å². The second-order valence-corrected chi connectivity index (χ2v) is 4.15. The summed E-state index contributed by atoms with van der Waals surface area (Å²) < 4.78 is 5.14. The topological polar surface area (TPSA) is 39.2 Å². The summed E-state index contributed by atoms with van der Waals surface area (Å²) in [5.74, 6) is -0.348. The predicted molar refractivity (Wildman–Crippen MR) is 58.3 cm³/mol. The summed E-state index contributed by atoms with van der Waals surface area (Å²) in [6.45, 7) is 1.87. The Morgan fingerprint density at radius 3 is 2.67 bits per heavy atom. The summed E-state index contributed by atoms with van der Waals surface area (Å²) in [6, 6.07) is 8.89. The van der Waals surface area contributed by atoms with Gasteiger partial charge in [0.2, 0.25) is 5.06 Å². The number of nitrogens with zero attached hydrogens (tertiary/aromatic N) is 1. The van der Waals surface area contributed by atoms with Gasteiger partial charge in [0.25, 0.3) is 0 Å². The fourth-order valence-electron chi connectivity index (χ4n) is 1.11. The highest BCUT2D eigenvalue weighted by molar-refractivity contribution is 7.13. The zero-order valence-electron chi connectivity index (χ0n) is 8.14. The van der Waals surface area contributed by atoms with E-state index in [2.05, 4.69) is 4.98 Å². The minimum Gasteiger partial charge on any atom is -0.410 e. The minimum atomic E-state index is -0.348. The zero-order chi connectivity index (χ0) is 10.7. The maximum absolute atomic E-state index is 11.6. The molecule has 0 unspecified atom stereocenters. The van der Waals surface area contributed by atoms with Gasteiger partial charge in [-0.25, -0.2) is 9.78 Å². The third-order valence-electron chi connectivity index (χ3n) is 1.80. The van der Waals surface area contributed by atoms with Gasteiger partial charge in [0.15, 0.2) is 0 Å². The SMILES string of the molecule is Cc1ncc(OC(=O)c2ccccc2)s1. The van der Waals surface area contributed by atoms with Crippen molar-refractivity contribution in [2.24, 2.45) is 0 Å². The molecule has 1 aromatic heterocycles. The molecule has 2 rings (SSSR count). The average molecular weight is 219 g/mol. The highest BCUT2D eigenvalue weighted by Gasteiger charge is 2.09. The second-order valence-electron chi connectivity index (χ2n) is 2.95. The van der Waals surface area contributed by atoms with Crippen molar-refractivity contribution in [2.75, 3.05) is 0 Å². The van der Waals surface area contributed by atoms with E-state index in [1.54, 1.807) is 30.5 Å². The number of rotatable bonds is 2. The second kappa shape index (κ2) is 4.23. The van der Waals surface area contributed by atoms with Crippen LogP contribution in [0.3, 0.4) is 0 Å². The molecular weight excluding hydrogens is 210 g/mol. The number of hydrogen-bond donors (Lipinski definition) is 0. The van der Waals surface area contributed by atoms with E-state index in [-0.39, 0.29) is 5.97 Å². The van der Waals surface area contributed by atoms with E-state index >= 15 is 0 Å². The minimum absolute atomic E-state index is 0.348. The summed E-state index contributed by atoms with van der Waals surface area (Å²) in [5, 5.41) is 1.41. The lowest BCUT2D eigenvalue weighted by atomic mass is 10.2. The van der Waals surface area contributed by atoms with E-state index in [9.17, 15) is 4.79 Å². The molecule has 0 aliphatic carbocycles. The van der Waals surface area contributed by atoms with Gasteiger partial charge >= 0.3 is 5.97 Å². The molecule has 0 amide bonds. The number of carbonyl (C=O) groups is 1. The maximum atomic E-state index is 11.6. The van der Waals surface area contributed by atoms with E-state index in [0.717, 1.165) is 5.01 Å². The van der Waals surface area contributed by atoms with Crippen molar-refractivity contribution in [2.45, 2.75) is 6.92 Å². The van der Waals surface area contributed by atoms with E-state index in [4.69, 9.17) is 4.74 Å².